The van der Waals surface area contributed by atoms with E-state index in [1.54, 1.807) is 11.3 Å². The van der Waals surface area contributed by atoms with E-state index in [9.17, 15) is 4.79 Å². The second-order valence-corrected chi connectivity index (χ2v) is 7.63. The van der Waals surface area contributed by atoms with Gasteiger partial charge in [0.1, 0.15) is 0 Å². The molecule has 0 saturated heterocycles. The summed E-state index contributed by atoms with van der Waals surface area (Å²) in [6.45, 7) is 6.59. The molecule has 3 N–H and O–H groups in total. The van der Waals surface area contributed by atoms with Crippen molar-refractivity contribution in [2.45, 2.75) is 38.8 Å². The Morgan fingerprint density at radius 3 is 2.68 bits per heavy atom. The summed E-state index contributed by atoms with van der Waals surface area (Å²) in [4.78, 5) is 16.8. The third-order valence-corrected chi connectivity index (χ3v) is 5.32. The predicted molar refractivity (Wildman–Crippen MR) is 105 cm³/mol. The zero-order valence-electron chi connectivity index (χ0n) is 14.9. The van der Waals surface area contributed by atoms with E-state index in [1.807, 2.05) is 26.8 Å². The van der Waals surface area contributed by atoms with Gasteiger partial charge in [0.05, 0.1) is 6.04 Å². The zero-order chi connectivity index (χ0) is 17.8. The maximum atomic E-state index is 12.2. The number of aromatic amines is 1. The fraction of sp³-hybridized carbons (Fsp3) is 0.350. The third-order valence-electron chi connectivity index (χ3n) is 4.34. The lowest BCUT2D eigenvalue weighted by Crippen LogP contribution is -2.45. The van der Waals surface area contributed by atoms with Crippen molar-refractivity contribution in [1.29, 1.82) is 0 Å². The highest BCUT2D eigenvalue weighted by Gasteiger charge is 2.21. The van der Waals surface area contributed by atoms with Crippen LogP contribution in [0.3, 0.4) is 0 Å². The van der Waals surface area contributed by atoms with E-state index < -0.39 is 0 Å². The first-order chi connectivity index (χ1) is 12.1. The lowest BCUT2D eigenvalue weighted by Gasteiger charge is -2.20. The molecule has 0 fully saturated rings. The van der Waals surface area contributed by atoms with Gasteiger partial charge in [-0.05, 0) is 43.8 Å². The molecule has 3 aromatic rings. The molecule has 2 heterocycles. The van der Waals surface area contributed by atoms with E-state index in [0.717, 1.165) is 12.1 Å². The molecule has 1 aromatic carbocycles. The Morgan fingerprint density at radius 2 is 1.96 bits per heavy atom. The Hall–Kier alpha value is -2.11. The lowest BCUT2D eigenvalue weighted by molar-refractivity contribution is -0.123. The van der Waals surface area contributed by atoms with Crippen molar-refractivity contribution >= 4 is 28.1 Å². The van der Waals surface area contributed by atoms with E-state index in [0.29, 0.717) is 0 Å². The van der Waals surface area contributed by atoms with E-state index >= 15 is 0 Å². The van der Waals surface area contributed by atoms with E-state index in [2.05, 4.69) is 57.5 Å². The number of hydrogen-bond donors (Lipinski definition) is 3. The average Bonchev–Trinajstić information content (AvgIpc) is 3.25. The van der Waals surface area contributed by atoms with E-state index in [-0.39, 0.29) is 23.9 Å². The van der Waals surface area contributed by atoms with Crippen LogP contribution < -0.4 is 10.6 Å². The number of hydrogen-bond acceptors (Lipinski definition) is 3. The molecule has 25 heavy (non-hydrogen) atoms. The Labute approximate surface area is 152 Å². The number of fused-ring (bicyclic) bond motifs is 1. The number of thiophene rings is 1. The smallest absolute Gasteiger partial charge is 0.237 e. The molecule has 2 aromatic heterocycles. The van der Waals surface area contributed by atoms with Gasteiger partial charge >= 0.3 is 0 Å². The van der Waals surface area contributed by atoms with Crippen molar-refractivity contribution in [3.05, 3.63) is 58.4 Å². The number of rotatable bonds is 7. The van der Waals surface area contributed by atoms with Crippen LogP contribution in [0.4, 0.5) is 0 Å². The molecular formula is C20H25N3OS. The Morgan fingerprint density at radius 1 is 1.16 bits per heavy atom. The van der Waals surface area contributed by atoms with E-state index in [4.69, 9.17) is 0 Å². The number of carbonyl (C=O) groups excluding carboxylic acids is 1. The molecule has 0 radical (unpaired) electrons. The summed E-state index contributed by atoms with van der Waals surface area (Å²) in [5.74, 6) is 0.254. The highest BCUT2D eigenvalue weighted by Crippen LogP contribution is 2.32. The van der Waals surface area contributed by atoms with Crippen LogP contribution in [0.5, 0.6) is 0 Å². The topological polar surface area (TPSA) is 56.9 Å². The molecule has 0 aliphatic carbocycles. The molecule has 5 heteroatoms. The standard InChI is InChI=1S/C20H25N3OS/c1-13(2)23-20(24)14(3)21-12-17(19-9-6-10-25-19)16-11-22-18-8-5-4-7-15(16)18/h4-11,13-14,17,21-22H,12H2,1-3H3,(H,23,24)/t14-,17+/m1/s1. The van der Waals surface area contributed by atoms with Gasteiger partial charge in [0, 0.05) is 40.5 Å². The maximum absolute atomic E-state index is 12.2. The summed E-state index contributed by atoms with van der Waals surface area (Å²) in [5, 5.41) is 9.71. The summed E-state index contributed by atoms with van der Waals surface area (Å²) >= 11 is 1.75. The van der Waals surface area contributed by atoms with Gasteiger partial charge in [-0.25, -0.2) is 0 Å². The summed E-state index contributed by atoms with van der Waals surface area (Å²) in [6, 6.07) is 12.5. The summed E-state index contributed by atoms with van der Waals surface area (Å²) in [6.07, 6.45) is 2.09. The third kappa shape index (κ3) is 4.11. The number of para-hydroxylation sites is 1. The Bertz CT molecular complexity index is 822. The maximum Gasteiger partial charge on any atom is 0.237 e. The number of benzene rings is 1. The molecule has 1 amide bonds. The summed E-state index contributed by atoms with van der Waals surface area (Å²) in [7, 11) is 0. The summed E-state index contributed by atoms with van der Waals surface area (Å²) < 4.78 is 0. The molecule has 2 atom stereocenters. The second-order valence-electron chi connectivity index (χ2n) is 6.65. The first kappa shape index (κ1) is 17.7. The van der Waals surface area contributed by atoms with Gasteiger partial charge in [0.15, 0.2) is 0 Å². The van der Waals surface area contributed by atoms with Crippen molar-refractivity contribution in [2.24, 2.45) is 0 Å². The lowest BCUT2D eigenvalue weighted by atomic mass is 9.96. The summed E-state index contributed by atoms with van der Waals surface area (Å²) in [5.41, 5.74) is 2.41. The molecule has 4 nitrogen and oxygen atoms in total. The zero-order valence-corrected chi connectivity index (χ0v) is 15.7. The van der Waals surface area contributed by atoms with Crippen LogP contribution in [0.15, 0.2) is 48.0 Å². The SMILES string of the molecule is CC(C)NC(=O)[C@@H](C)NC[C@H](c1cccs1)c1c[nH]c2ccccc12. The van der Waals surface area contributed by atoms with Crippen molar-refractivity contribution in [3.63, 3.8) is 0 Å². The van der Waals surface area contributed by atoms with Crippen LogP contribution in [-0.4, -0.2) is 29.5 Å². The molecule has 3 rings (SSSR count). The molecule has 0 aliphatic rings. The van der Waals surface area contributed by atoms with Crippen molar-refractivity contribution in [3.8, 4) is 0 Å². The number of nitrogens with one attached hydrogen (secondary N) is 3. The molecule has 0 unspecified atom stereocenters. The Balaban J connectivity index is 1.81. The first-order valence-electron chi connectivity index (χ1n) is 8.69. The number of aromatic nitrogens is 1. The highest BCUT2D eigenvalue weighted by atomic mass is 32.1. The normalized spacial score (nSPS) is 13.9. The molecular weight excluding hydrogens is 330 g/mol. The monoisotopic (exact) mass is 355 g/mol. The number of amides is 1. The van der Waals surface area contributed by atoms with Crippen LogP contribution in [0, 0.1) is 0 Å². The van der Waals surface area contributed by atoms with Crippen LogP contribution in [0.1, 0.15) is 37.1 Å². The average molecular weight is 356 g/mol. The minimum absolute atomic E-state index is 0.0406. The van der Waals surface area contributed by atoms with Gasteiger partial charge in [-0.2, -0.15) is 0 Å². The fourth-order valence-corrected chi connectivity index (χ4v) is 3.88. The van der Waals surface area contributed by atoms with Gasteiger partial charge in [-0.15, -0.1) is 11.3 Å². The first-order valence-corrected chi connectivity index (χ1v) is 9.57. The largest absolute Gasteiger partial charge is 0.361 e. The highest BCUT2D eigenvalue weighted by molar-refractivity contribution is 7.10. The van der Waals surface area contributed by atoms with Gasteiger partial charge in [0.2, 0.25) is 5.91 Å². The fourth-order valence-electron chi connectivity index (χ4n) is 3.03. The Kier molecular flexibility index (Phi) is 5.56. The van der Waals surface area contributed by atoms with Gasteiger partial charge < -0.3 is 15.6 Å². The van der Waals surface area contributed by atoms with Crippen molar-refractivity contribution < 1.29 is 4.79 Å². The van der Waals surface area contributed by atoms with Gasteiger partial charge in [-0.1, -0.05) is 24.3 Å². The van der Waals surface area contributed by atoms with Crippen LogP contribution in [0.2, 0.25) is 0 Å². The molecule has 132 valence electrons. The van der Waals surface area contributed by atoms with Gasteiger partial charge in [-0.3, -0.25) is 4.79 Å². The number of carbonyl (C=O) groups is 1. The molecule has 0 bridgehead atoms. The van der Waals surface area contributed by atoms with E-state index in [1.165, 1.54) is 15.8 Å². The minimum atomic E-state index is -0.227. The van der Waals surface area contributed by atoms with Gasteiger partial charge in [0.25, 0.3) is 0 Å². The molecule has 0 spiro atoms. The number of H-pyrrole nitrogens is 1. The van der Waals surface area contributed by atoms with Crippen LogP contribution in [-0.2, 0) is 4.79 Å². The van der Waals surface area contributed by atoms with Crippen LogP contribution >= 0.6 is 11.3 Å². The predicted octanol–water partition coefficient (Wildman–Crippen LogP) is 3.86. The minimum Gasteiger partial charge on any atom is -0.361 e. The van der Waals surface area contributed by atoms with Crippen LogP contribution in [0.25, 0.3) is 10.9 Å². The quantitative estimate of drug-likeness (QED) is 0.603. The second kappa shape index (κ2) is 7.85. The molecule has 0 saturated carbocycles. The molecule has 0 aliphatic heterocycles. The van der Waals surface area contributed by atoms with Crippen molar-refractivity contribution in [2.75, 3.05) is 6.54 Å². The van der Waals surface area contributed by atoms with Crippen molar-refractivity contribution in [1.82, 2.24) is 15.6 Å².